The lowest BCUT2D eigenvalue weighted by atomic mass is 10.1. The first-order chi connectivity index (χ1) is 10.0. The molecule has 7 heteroatoms. The number of hydrogen-bond acceptors (Lipinski definition) is 3. The number of halogens is 1. The predicted octanol–water partition coefficient (Wildman–Crippen LogP) is 1.64. The fourth-order valence-corrected chi connectivity index (χ4v) is 1.69. The number of ether oxygens (including phenoxy) is 1. The molecule has 116 valence electrons. The lowest BCUT2D eigenvalue weighted by molar-refractivity contribution is -0.137. The summed E-state index contributed by atoms with van der Waals surface area (Å²) in [5.74, 6) is -1.24. The van der Waals surface area contributed by atoms with E-state index in [1.54, 1.807) is 12.1 Å². The number of nitrogens with one attached hydrogen (secondary N) is 2. The van der Waals surface area contributed by atoms with Gasteiger partial charge in [-0.1, -0.05) is 6.07 Å². The van der Waals surface area contributed by atoms with E-state index in [9.17, 15) is 14.0 Å². The van der Waals surface area contributed by atoms with Gasteiger partial charge in [0, 0.05) is 32.2 Å². The van der Waals surface area contributed by atoms with Crippen molar-refractivity contribution in [2.75, 3.05) is 13.7 Å². The van der Waals surface area contributed by atoms with Crippen LogP contribution in [0.15, 0.2) is 18.2 Å². The van der Waals surface area contributed by atoms with E-state index in [2.05, 4.69) is 10.6 Å². The molecule has 0 aliphatic carbocycles. The summed E-state index contributed by atoms with van der Waals surface area (Å²) in [4.78, 5) is 21.8. The van der Waals surface area contributed by atoms with Crippen LogP contribution in [0.5, 0.6) is 0 Å². The van der Waals surface area contributed by atoms with Crippen LogP contribution in [0.4, 0.5) is 9.18 Å². The van der Waals surface area contributed by atoms with E-state index in [1.807, 2.05) is 0 Å². The third kappa shape index (κ3) is 6.71. The average Bonchev–Trinajstić information content (AvgIpc) is 2.44. The molecule has 1 rings (SSSR count). The van der Waals surface area contributed by atoms with Crippen LogP contribution in [0, 0.1) is 5.82 Å². The van der Waals surface area contributed by atoms with Gasteiger partial charge in [0.05, 0.1) is 6.61 Å². The second-order valence-electron chi connectivity index (χ2n) is 4.47. The van der Waals surface area contributed by atoms with Crippen molar-refractivity contribution in [2.45, 2.75) is 26.0 Å². The van der Waals surface area contributed by atoms with Gasteiger partial charge in [0.25, 0.3) is 0 Å². The van der Waals surface area contributed by atoms with Crippen molar-refractivity contribution >= 4 is 12.0 Å². The molecule has 0 radical (unpaired) electrons. The molecule has 0 unspecified atom stereocenters. The minimum Gasteiger partial charge on any atom is -0.481 e. The number of carbonyl (C=O) groups excluding carboxylic acids is 1. The van der Waals surface area contributed by atoms with Crippen molar-refractivity contribution in [3.63, 3.8) is 0 Å². The van der Waals surface area contributed by atoms with Crippen molar-refractivity contribution in [1.82, 2.24) is 10.6 Å². The fraction of sp³-hybridized carbons (Fsp3) is 0.429. The molecular formula is C14H19FN2O4. The molecule has 3 N–H and O–H groups in total. The summed E-state index contributed by atoms with van der Waals surface area (Å²) in [6, 6.07) is 4.15. The number of methoxy groups -OCH3 is 1. The molecule has 1 aromatic rings. The molecule has 0 aromatic heterocycles. The molecule has 0 heterocycles. The smallest absolute Gasteiger partial charge is 0.315 e. The highest BCUT2D eigenvalue weighted by Crippen LogP contribution is 2.11. The highest BCUT2D eigenvalue weighted by Gasteiger charge is 2.05. The van der Waals surface area contributed by atoms with Gasteiger partial charge in [0.15, 0.2) is 0 Å². The standard InChI is InChI=1S/C14H19FN2O4/c1-21-9-11-7-10(4-5-12(11)15)8-17-14(20)16-6-2-3-13(18)19/h4-5,7H,2-3,6,8-9H2,1H3,(H,18,19)(H2,16,17,20). The number of carbonyl (C=O) groups is 2. The summed E-state index contributed by atoms with van der Waals surface area (Å²) in [6.07, 6.45) is 0.385. The summed E-state index contributed by atoms with van der Waals surface area (Å²) in [7, 11) is 1.48. The Morgan fingerprint density at radius 3 is 2.76 bits per heavy atom. The van der Waals surface area contributed by atoms with E-state index in [0.29, 0.717) is 12.0 Å². The second-order valence-corrected chi connectivity index (χ2v) is 4.47. The Balaban J connectivity index is 2.35. The minimum atomic E-state index is -0.894. The van der Waals surface area contributed by atoms with Crippen LogP contribution < -0.4 is 10.6 Å². The first-order valence-corrected chi connectivity index (χ1v) is 6.52. The Labute approximate surface area is 122 Å². The number of carboxylic acids is 1. The summed E-state index contributed by atoms with van der Waals surface area (Å²) < 4.78 is 18.3. The number of benzene rings is 1. The van der Waals surface area contributed by atoms with Crippen molar-refractivity contribution in [3.05, 3.63) is 35.1 Å². The molecule has 0 bridgehead atoms. The molecular weight excluding hydrogens is 279 g/mol. The number of carboxylic acid groups (broad SMARTS) is 1. The van der Waals surface area contributed by atoms with Gasteiger partial charge in [-0.3, -0.25) is 4.79 Å². The topological polar surface area (TPSA) is 87.7 Å². The van der Waals surface area contributed by atoms with Gasteiger partial charge in [-0.05, 0) is 24.1 Å². The Kier molecular flexibility index (Phi) is 7.17. The third-order valence-corrected chi connectivity index (χ3v) is 2.72. The second kappa shape index (κ2) is 8.91. The molecule has 0 spiro atoms. The van der Waals surface area contributed by atoms with E-state index >= 15 is 0 Å². The van der Waals surface area contributed by atoms with Crippen molar-refractivity contribution in [1.29, 1.82) is 0 Å². The molecule has 0 atom stereocenters. The molecule has 1 aromatic carbocycles. The number of hydrogen-bond donors (Lipinski definition) is 3. The van der Waals surface area contributed by atoms with Crippen LogP contribution in [0.25, 0.3) is 0 Å². The molecule has 0 saturated carbocycles. The maximum Gasteiger partial charge on any atom is 0.315 e. The molecule has 21 heavy (non-hydrogen) atoms. The summed E-state index contributed by atoms with van der Waals surface area (Å²) in [5.41, 5.74) is 1.18. The van der Waals surface area contributed by atoms with Crippen LogP contribution in [0.3, 0.4) is 0 Å². The van der Waals surface area contributed by atoms with Gasteiger partial charge >= 0.3 is 12.0 Å². The fourth-order valence-electron chi connectivity index (χ4n) is 1.69. The zero-order valence-electron chi connectivity index (χ0n) is 11.8. The third-order valence-electron chi connectivity index (χ3n) is 2.72. The zero-order chi connectivity index (χ0) is 15.7. The van der Waals surface area contributed by atoms with Crippen LogP contribution in [-0.4, -0.2) is 30.8 Å². The quantitative estimate of drug-likeness (QED) is 0.637. The van der Waals surface area contributed by atoms with Crippen molar-refractivity contribution in [3.8, 4) is 0 Å². The maximum atomic E-state index is 13.4. The van der Waals surface area contributed by atoms with Gasteiger partial charge in [-0.2, -0.15) is 0 Å². The Hall–Kier alpha value is -2.15. The van der Waals surface area contributed by atoms with E-state index in [1.165, 1.54) is 13.2 Å². The molecule has 0 aliphatic heterocycles. The normalized spacial score (nSPS) is 10.2. The highest BCUT2D eigenvalue weighted by molar-refractivity contribution is 5.73. The predicted molar refractivity (Wildman–Crippen MR) is 74.2 cm³/mol. The molecule has 0 aliphatic rings. The van der Waals surface area contributed by atoms with Gasteiger partial charge in [-0.25, -0.2) is 9.18 Å². The Morgan fingerprint density at radius 1 is 1.33 bits per heavy atom. The summed E-state index contributed by atoms with van der Waals surface area (Å²) in [5, 5.41) is 13.6. The van der Waals surface area contributed by atoms with Crippen molar-refractivity contribution in [2.24, 2.45) is 0 Å². The first-order valence-electron chi connectivity index (χ1n) is 6.52. The SMILES string of the molecule is COCc1cc(CNC(=O)NCCCC(=O)O)ccc1F. The number of rotatable bonds is 8. The van der Waals surface area contributed by atoms with Crippen molar-refractivity contribution < 1.29 is 23.8 Å². The molecule has 0 fully saturated rings. The van der Waals surface area contributed by atoms with Gasteiger partial charge in [0.1, 0.15) is 5.82 Å². The lowest BCUT2D eigenvalue weighted by Crippen LogP contribution is -2.35. The highest BCUT2D eigenvalue weighted by atomic mass is 19.1. The van der Waals surface area contributed by atoms with E-state index < -0.39 is 12.0 Å². The van der Waals surface area contributed by atoms with Crippen LogP contribution >= 0.6 is 0 Å². The minimum absolute atomic E-state index is 0.0125. The van der Waals surface area contributed by atoms with E-state index in [0.717, 1.165) is 5.56 Å². The summed E-state index contributed by atoms with van der Waals surface area (Å²) in [6.45, 7) is 0.708. The van der Waals surface area contributed by atoms with Gasteiger partial charge in [0.2, 0.25) is 0 Å². The Morgan fingerprint density at radius 2 is 2.10 bits per heavy atom. The van der Waals surface area contributed by atoms with Crippen LogP contribution in [-0.2, 0) is 22.7 Å². The number of amides is 2. The lowest BCUT2D eigenvalue weighted by Gasteiger charge is -2.09. The van der Waals surface area contributed by atoms with E-state index in [-0.39, 0.29) is 31.9 Å². The Bertz CT molecular complexity index is 494. The number of aliphatic carboxylic acids is 1. The monoisotopic (exact) mass is 298 g/mol. The molecule has 2 amide bonds. The first kappa shape index (κ1) is 16.9. The number of urea groups is 1. The summed E-state index contributed by atoms with van der Waals surface area (Å²) >= 11 is 0. The largest absolute Gasteiger partial charge is 0.481 e. The van der Waals surface area contributed by atoms with Gasteiger partial charge in [-0.15, -0.1) is 0 Å². The molecule has 6 nitrogen and oxygen atoms in total. The van der Waals surface area contributed by atoms with Crippen LogP contribution in [0.1, 0.15) is 24.0 Å². The average molecular weight is 298 g/mol. The van der Waals surface area contributed by atoms with Crippen LogP contribution in [0.2, 0.25) is 0 Å². The van der Waals surface area contributed by atoms with E-state index in [4.69, 9.17) is 9.84 Å². The zero-order valence-corrected chi connectivity index (χ0v) is 11.8. The molecule has 0 saturated heterocycles. The maximum absolute atomic E-state index is 13.4. The van der Waals surface area contributed by atoms with Gasteiger partial charge < -0.3 is 20.5 Å².